The Morgan fingerprint density at radius 1 is 1.00 bits per heavy atom. The molecule has 5 rings (SSSR count). The van der Waals surface area contributed by atoms with Gasteiger partial charge < -0.3 is 24.2 Å². The van der Waals surface area contributed by atoms with Gasteiger partial charge in [0.05, 0.1) is 13.2 Å². The van der Waals surface area contributed by atoms with Crippen molar-refractivity contribution in [3.63, 3.8) is 0 Å². The lowest BCUT2D eigenvalue weighted by molar-refractivity contribution is -0.130. The van der Waals surface area contributed by atoms with E-state index >= 15 is 0 Å². The number of carbonyl (C=O) groups excluding carboxylic acids is 1. The summed E-state index contributed by atoms with van der Waals surface area (Å²) in [6.07, 6.45) is 0. The van der Waals surface area contributed by atoms with Gasteiger partial charge >= 0.3 is 0 Å². The number of hydrogen-bond acceptors (Lipinski definition) is 5. The summed E-state index contributed by atoms with van der Waals surface area (Å²) in [6, 6.07) is 20.9. The van der Waals surface area contributed by atoms with Crippen molar-refractivity contribution in [2.45, 2.75) is 32.4 Å². The summed E-state index contributed by atoms with van der Waals surface area (Å²) in [5.41, 5.74) is 4.41. The van der Waals surface area contributed by atoms with Gasteiger partial charge in [0.2, 0.25) is 6.79 Å². The van der Waals surface area contributed by atoms with E-state index in [-0.39, 0.29) is 12.6 Å². The quantitative estimate of drug-likeness (QED) is 0.522. The van der Waals surface area contributed by atoms with E-state index in [0.29, 0.717) is 35.3 Å². The zero-order valence-electron chi connectivity index (χ0n) is 19.4. The molecule has 0 saturated heterocycles. The smallest absolute Gasteiger partial charge is 0.290 e. The minimum absolute atomic E-state index is 0.191. The number of carbonyl (C=O) groups is 1. The van der Waals surface area contributed by atoms with Crippen molar-refractivity contribution >= 4 is 11.5 Å². The molecule has 3 aromatic rings. The first-order chi connectivity index (χ1) is 16.5. The van der Waals surface area contributed by atoms with Crippen LogP contribution < -0.4 is 14.2 Å². The Hall–Kier alpha value is -3.93. The fourth-order valence-corrected chi connectivity index (χ4v) is 4.53. The van der Waals surface area contributed by atoms with Crippen molar-refractivity contribution in [2.75, 3.05) is 13.9 Å². The van der Waals surface area contributed by atoms with Gasteiger partial charge in [0, 0.05) is 12.1 Å². The number of ether oxygens (including phenoxy) is 3. The third-order valence-corrected chi connectivity index (χ3v) is 6.41. The van der Waals surface area contributed by atoms with Gasteiger partial charge in [-0.1, -0.05) is 56.3 Å². The van der Waals surface area contributed by atoms with Crippen LogP contribution in [0.25, 0.3) is 5.57 Å². The zero-order chi connectivity index (χ0) is 23.8. The fourth-order valence-electron chi connectivity index (χ4n) is 4.53. The van der Waals surface area contributed by atoms with Crippen molar-refractivity contribution in [3.8, 4) is 17.2 Å². The number of aliphatic hydroxyl groups is 1. The molecule has 3 aromatic carbocycles. The number of benzene rings is 3. The van der Waals surface area contributed by atoms with E-state index < -0.39 is 11.9 Å². The highest BCUT2D eigenvalue weighted by atomic mass is 16.7. The molecule has 2 aliphatic heterocycles. The van der Waals surface area contributed by atoms with Crippen LogP contribution in [0.5, 0.6) is 17.2 Å². The summed E-state index contributed by atoms with van der Waals surface area (Å²) in [4.78, 5) is 15.1. The third-order valence-electron chi connectivity index (χ3n) is 6.41. The van der Waals surface area contributed by atoms with Gasteiger partial charge in [0.15, 0.2) is 17.3 Å². The summed E-state index contributed by atoms with van der Waals surface area (Å²) in [5, 5.41) is 11.0. The lowest BCUT2D eigenvalue weighted by atomic mass is 9.91. The van der Waals surface area contributed by atoms with Crippen LogP contribution in [0.4, 0.5) is 0 Å². The summed E-state index contributed by atoms with van der Waals surface area (Å²) < 4.78 is 16.2. The molecule has 1 N–H and O–H groups in total. The first-order valence-corrected chi connectivity index (χ1v) is 11.3. The van der Waals surface area contributed by atoms with Crippen molar-refractivity contribution < 1.29 is 24.1 Å². The summed E-state index contributed by atoms with van der Waals surface area (Å²) in [5.74, 6) is 1.83. The second-order valence-electron chi connectivity index (χ2n) is 8.84. The molecule has 34 heavy (non-hydrogen) atoms. The number of methoxy groups -OCH3 is 1. The first-order valence-electron chi connectivity index (χ1n) is 11.3. The highest BCUT2D eigenvalue weighted by molar-refractivity contribution is 6.05. The SMILES string of the molecule is COc1ccc(C2=C(O)C(=O)N(Cc3ccc4c(c3)OCO4)[C@@H]2c2ccc(C(C)C)cc2)cc1. The highest BCUT2D eigenvalue weighted by Crippen LogP contribution is 2.44. The number of amides is 1. The van der Waals surface area contributed by atoms with E-state index in [0.717, 1.165) is 16.7 Å². The van der Waals surface area contributed by atoms with Crippen molar-refractivity contribution in [1.82, 2.24) is 4.90 Å². The Balaban J connectivity index is 1.56. The van der Waals surface area contributed by atoms with Gasteiger partial charge in [-0.25, -0.2) is 0 Å². The van der Waals surface area contributed by atoms with Crippen LogP contribution in [0.1, 0.15) is 48.1 Å². The summed E-state index contributed by atoms with van der Waals surface area (Å²) in [6.45, 7) is 4.80. The van der Waals surface area contributed by atoms with Crippen LogP contribution in [0.2, 0.25) is 0 Å². The van der Waals surface area contributed by atoms with E-state index in [2.05, 4.69) is 26.0 Å². The van der Waals surface area contributed by atoms with Crippen molar-refractivity contribution in [1.29, 1.82) is 0 Å². The lowest BCUT2D eigenvalue weighted by Crippen LogP contribution is -2.29. The molecule has 6 nitrogen and oxygen atoms in total. The average Bonchev–Trinajstić information content (AvgIpc) is 3.42. The molecule has 0 saturated carbocycles. The second-order valence-corrected chi connectivity index (χ2v) is 8.84. The normalized spacial score (nSPS) is 17.1. The molecule has 2 heterocycles. The van der Waals surface area contributed by atoms with Crippen molar-refractivity contribution in [3.05, 3.63) is 94.7 Å². The van der Waals surface area contributed by atoms with E-state index in [1.165, 1.54) is 5.56 Å². The predicted octanol–water partition coefficient (Wildman–Crippen LogP) is 5.60. The number of rotatable bonds is 6. The molecule has 174 valence electrons. The van der Waals surface area contributed by atoms with Crippen LogP contribution in [0, 0.1) is 0 Å². The standard InChI is InChI=1S/C28H27NO5/c1-17(2)19-5-7-21(8-6-19)26-25(20-9-11-22(32-3)12-10-20)27(30)28(31)29(26)15-18-4-13-23-24(14-18)34-16-33-23/h4-14,17,26,30H,15-16H2,1-3H3/t26-/m1/s1. The fraction of sp³-hybridized carbons (Fsp3) is 0.250. The minimum atomic E-state index is -0.437. The van der Waals surface area contributed by atoms with Gasteiger partial charge in [-0.15, -0.1) is 0 Å². The average molecular weight is 458 g/mol. The van der Waals surface area contributed by atoms with Gasteiger partial charge in [0.25, 0.3) is 5.91 Å². The second kappa shape index (κ2) is 8.78. The molecule has 1 amide bonds. The number of fused-ring (bicyclic) bond motifs is 1. The predicted molar refractivity (Wildman–Crippen MR) is 129 cm³/mol. The third kappa shape index (κ3) is 3.85. The van der Waals surface area contributed by atoms with Crippen molar-refractivity contribution in [2.24, 2.45) is 0 Å². The van der Waals surface area contributed by atoms with E-state index in [9.17, 15) is 9.90 Å². The Morgan fingerprint density at radius 3 is 2.38 bits per heavy atom. The largest absolute Gasteiger partial charge is 0.503 e. The zero-order valence-corrected chi connectivity index (χ0v) is 19.4. The van der Waals surface area contributed by atoms with Gasteiger partial charge in [-0.05, 0) is 52.4 Å². The molecule has 0 aliphatic carbocycles. The van der Waals surface area contributed by atoms with E-state index in [4.69, 9.17) is 14.2 Å². The number of aliphatic hydroxyl groups excluding tert-OH is 1. The molecule has 0 spiro atoms. The Morgan fingerprint density at radius 2 is 1.71 bits per heavy atom. The lowest BCUT2D eigenvalue weighted by Gasteiger charge is -2.28. The number of nitrogens with zero attached hydrogens (tertiary/aromatic N) is 1. The molecular weight excluding hydrogens is 430 g/mol. The Labute approximate surface area is 199 Å². The van der Waals surface area contributed by atoms with E-state index in [1.807, 2.05) is 54.6 Å². The maximum Gasteiger partial charge on any atom is 0.290 e. The van der Waals surface area contributed by atoms with Crippen LogP contribution in [-0.4, -0.2) is 29.8 Å². The minimum Gasteiger partial charge on any atom is -0.503 e. The topological polar surface area (TPSA) is 68.2 Å². The molecule has 0 aromatic heterocycles. The van der Waals surface area contributed by atoms with E-state index in [1.54, 1.807) is 12.0 Å². The van der Waals surface area contributed by atoms with Crippen LogP contribution in [-0.2, 0) is 11.3 Å². The summed E-state index contributed by atoms with van der Waals surface area (Å²) in [7, 11) is 1.61. The van der Waals surface area contributed by atoms with Gasteiger partial charge in [-0.3, -0.25) is 4.79 Å². The molecule has 0 unspecified atom stereocenters. The molecule has 1 atom stereocenters. The molecule has 2 aliphatic rings. The van der Waals surface area contributed by atoms with Crippen LogP contribution in [0.3, 0.4) is 0 Å². The molecule has 0 fully saturated rings. The molecule has 6 heteroatoms. The maximum atomic E-state index is 13.3. The van der Waals surface area contributed by atoms with Gasteiger partial charge in [0.1, 0.15) is 5.75 Å². The summed E-state index contributed by atoms with van der Waals surface area (Å²) >= 11 is 0. The monoisotopic (exact) mass is 457 g/mol. The van der Waals surface area contributed by atoms with Crippen LogP contribution in [0.15, 0.2) is 72.5 Å². The van der Waals surface area contributed by atoms with Crippen LogP contribution >= 0.6 is 0 Å². The first kappa shape index (κ1) is 21.9. The Bertz CT molecular complexity index is 1240. The molecular formula is C28H27NO5. The Kier molecular flexibility index (Phi) is 5.65. The number of hydrogen-bond donors (Lipinski definition) is 1. The highest BCUT2D eigenvalue weighted by Gasteiger charge is 2.41. The van der Waals surface area contributed by atoms with Gasteiger partial charge in [-0.2, -0.15) is 0 Å². The molecule has 0 radical (unpaired) electrons. The molecule has 0 bridgehead atoms. The maximum absolute atomic E-state index is 13.3.